The monoisotopic (exact) mass is 137 g/mol. The lowest BCUT2D eigenvalue weighted by Crippen LogP contribution is -2.02. The number of nitrogens with zero attached hydrogens (tertiary/aromatic N) is 2. The summed E-state index contributed by atoms with van der Waals surface area (Å²) >= 11 is 0. The number of anilines is 1. The van der Waals surface area contributed by atoms with E-state index in [2.05, 4.69) is 14.9 Å². The van der Waals surface area contributed by atoms with Crippen LogP contribution in [-0.2, 0) is 6.54 Å². The maximum Gasteiger partial charge on any atom is 0.202 e. The number of hydrogen-bond donors (Lipinski definition) is 1. The van der Waals surface area contributed by atoms with Gasteiger partial charge in [-0.25, -0.2) is 4.98 Å². The van der Waals surface area contributed by atoms with Gasteiger partial charge in [-0.3, -0.25) is 0 Å². The third kappa shape index (κ3) is 0.875. The lowest BCUT2D eigenvalue weighted by atomic mass is 10.3. The summed E-state index contributed by atoms with van der Waals surface area (Å²) in [4.78, 5) is 4.17. The molecule has 0 amide bonds. The van der Waals surface area contributed by atoms with Crippen molar-refractivity contribution in [3.05, 3.63) is 12.4 Å². The van der Waals surface area contributed by atoms with Crippen LogP contribution in [0.5, 0.6) is 0 Å². The quantitative estimate of drug-likeness (QED) is 0.580. The van der Waals surface area contributed by atoms with Gasteiger partial charge >= 0.3 is 0 Å². The summed E-state index contributed by atoms with van der Waals surface area (Å²) in [6.45, 7) is 2.18. The van der Waals surface area contributed by atoms with Gasteiger partial charge in [0.25, 0.3) is 0 Å². The Bertz CT molecular complexity index is 196. The Labute approximate surface area is 60.1 Å². The summed E-state index contributed by atoms with van der Waals surface area (Å²) in [7, 11) is 0. The van der Waals surface area contributed by atoms with Gasteiger partial charge in [0, 0.05) is 25.5 Å². The highest BCUT2D eigenvalue weighted by atomic mass is 15.2. The van der Waals surface area contributed by atoms with Crippen molar-refractivity contribution in [1.29, 1.82) is 0 Å². The minimum Gasteiger partial charge on any atom is -0.356 e. The molecular weight excluding hydrogens is 126 g/mol. The molecule has 54 valence electrons. The molecule has 1 aromatic rings. The molecule has 0 saturated carbocycles. The number of imidazole rings is 1. The Morgan fingerprint density at radius 3 is 3.50 bits per heavy atom. The van der Waals surface area contributed by atoms with Crippen molar-refractivity contribution in [3.63, 3.8) is 0 Å². The van der Waals surface area contributed by atoms with Crippen LogP contribution >= 0.6 is 0 Å². The van der Waals surface area contributed by atoms with Gasteiger partial charge in [-0.1, -0.05) is 0 Å². The number of aryl methyl sites for hydroxylation is 1. The average Bonchev–Trinajstić information content (AvgIpc) is 2.28. The first-order valence-electron chi connectivity index (χ1n) is 3.72. The lowest BCUT2D eigenvalue weighted by molar-refractivity contribution is 0.656. The highest BCUT2D eigenvalue weighted by Gasteiger charge is 2.04. The second-order valence-electron chi connectivity index (χ2n) is 2.58. The molecule has 0 atom stereocenters. The predicted octanol–water partition coefficient (Wildman–Crippen LogP) is 1.09. The highest BCUT2D eigenvalue weighted by molar-refractivity contribution is 5.26. The van der Waals surface area contributed by atoms with Crippen LogP contribution in [0, 0.1) is 0 Å². The fourth-order valence-electron chi connectivity index (χ4n) is 1.26. The van der Waals surface area contributed by atoms with E-state index in [1.807, 2.05) is 12.4 Å². The van der Waals surface area contributed by atoms with E-state index in [0.717, 1.165) is 19.0 Å². The molecule has 1 aliphatic heterocycles. The summed E-state index contributed by atoms with van der Waals surface area (Å²) in [5, 5.41) is 3.26. The van der Waals surface area contributed by atoms with Gasteiger partial charge in [0.1, 0.15) is 0 Å². The second kappa shape index (κ2) is 2.33. The highest BCUT2D eigenvalue weighted by Crippen LogP contribution is 2.09. The average molecular weight is 137 g/mol. The van der Waals surface area contributed by atoms with Crippen LogP contribution in [0.1, 0.15) is 12.8 Å². The molecule has 0 aliphatic carbocycles. The van der Waals surface area contributed by atoms with E-state index in [1.54, 1.807) is 0 Å². The van der Waals surface area contributed by atoms with Crippen LogP contribution in [0.15, 0.2) is 12.4 Å². The molecule has 0 spiro atoms. The first-order chi connectivity index (χ1) is 4.97. The molecule has 0 bridgehead atoms. The number of fused-ring (bicyclic) bond motifs is 1. The summed E-state index contributed by atoms with van der Waals surface area (Å²) < 4.78 is 2.16. The topological polar surface area (TPSA) is 29.9 Å². The summed E-state index contributed by atoms with van der Waals surface area (Å²) in [5.74, 6) is 1.03. The van der Waals surface area contributed by atoms with Crippen molar-refractivity contribution in [2.75, 3.05) is 11.9 Å². The largest absolute Gasteiger partial charge is 0.356 e. The van der Waals surface area contributed by atoms with Crippen molar-refractivity contribution in [2.45, 2.75) is 19.4 Å². The standard InChI is InChI=1S/C7H11N3/c1-2-5-10-6-4-9-7(10)8-3-1/h4,6H,1-3,5H2,(H,8,9). The molecule has 1 N–H and O–H groups in total. The number of rotatable bonds is 0. The Hall–Kier alpha value is -0.990. The van der Waals surface area contributed by atoms with Crippen LogP contribution in [0.2, 0.25) is 0 Å². The molecule has 1 aliphatic rings. The maximum absolute atomic E-state index is 4.17. The predicted molar refractivity (Wildman–Crippen MR) is 40.0 cm³/mol. The molecular formula is C7H11N3. The van der Waals surface area contributed by atoms with Gasteiger partial charge in [0.2, 0.25) is 5.95 Å². The Kier molecular flexibility index (Phi) is 1.34. The molecule has 0 aromatic carbocycles. The zero-order valence-electron chi connectivity index (χ0n) is 5.88. The SMILES string of the molecule is c1cn2c(n1)NCCCC2. The smallest absolute Gasteiger partial charge is 0.202 e. The Morgan fingerprint density at radius 2 is 2.50 bits per heavy atom. The first-order valence-corrected chi connectivity index (χ1v) is 3.72. The third-order valence-corrected chi connectivity index (χ3v) is 1.82. The van der Waals surface area contributed by atoms with E-state index >= 15 is 0 Å². The third-order valence-electron chi connectivity index (χ3n) is 1.82. The van der Waals surface area contributed by atoms with Crippen molar-refractivity contribution in [1.82, 2.24) is 9.55 Å². The summed E-state index contributed by atoms with van der Waals surface area (Å²) in [6, 6.07) is 0. The summed E-state index contributed by atoms with van der Waals surface area (Å²) in [6.07, 6.45) is 6.38. The molecule has 0 unspecified atom stereocenters. The maximum atomic E-state index is 4.17. The molecule has 3 nitrogen and oxygen atoms in total. The number of aromatic nitrogens is 2. The van der Waals surface area contributed by atoms with Crippen molar-refractivity contribution in [2.24, 2.45) is 0 Å². The molecule has 10 heavy (non-hydrogen) atoms. The van der Waals surface area contributed by atoms with E-state index < -0.39 is 0 Å². The van der Waals surface area contributed by atoms with E-state index in [4.69, 9.17) is 0 Å². The molecule has 3 heteroatoms. The van der Waals surface area contributed by atoms with Crippen LogP contribution in [0.25, 0.3) is 0 Å². The molecule has 0 fully saturated rings. The van der Waals surface area contributed by atoms with Gasteiger partial charge < -0.3 is 9.88 Å². The van der Waals surface area contributed by atoms with Crippen molar-refractivity contribution < 1.29 is 0 Å². The van der Waals surface area contributed by atoms with Crippen LogP contribution < -0.4 is 5.32 Å². The second-order valence-corrected chi connectivity index (χ2v) is 2.58. The number of nitrogens with one attached hydrogen (secondary N) is 1. The van der Waals surface area contributed by atoms with Crippen molar-refractivity contribution >= 4 is 5.95 Å². The van der Waals surface area contributed by atoms with Crippen LogP contribution in [0.4, 0.5) is 5.95 Å². The van der Waals surface area contributed by atoms with Gasteiger partial charge in [-0.05, 0) is 12.8 Å². The van der Waals surface area contributed by atoms with Gasteiger partial charge in [0.15, 0.2) is 0 Å². The Morgan fingerprint density at radius 1 is 1.50 bits per heavy atom. The Balaban J connectivity index is 2.28. The molecule has 0 saturated heterocycles. The lowest BCUT2D eigenvalue weighted by Gasteiger charge is -2.00. The van der Waals surface area contributed by atoms with Gasteiger partial charge in [-0.15, -0.1) is 0 Å². The normalized spacial score (nSPS) is 17.2. The molecule has 2 heterocycles. The van der Waals surface area contributed by atoms with Crippen LogP contribution in [-0.4, -0.2) is 16.1 Å². The fraction of sp³-hybridized carbons (Fsp3) is 0.571. The zero-order valence-corrected chi connectivity index (χ0v) is 5.88. The van der Waals surface area contributed by atoms with E-state index in [1.165, 1.54) is 12.8 Å². The van der Waals surface area contributed by atoms with E-state index in [9.17, 15) is 0 Å². The van der Waals surface area contributed by atoms with E-state index in [-0.39, 0.29) is 0 Å². The van der Waals surface area contributed by atoms with Gasteiger partial charge in [-0.2, -0.15) is 0 Å². The minimum atomic E-state index is 1.03. The zero-order chi connectivity index (χ0) is 6.81. The molecule has 0 radical (unpaired) electrons. The van der Waals surface area contributed by atoms with Gasteiger partial charge in [0.05, 0.1) is 0 Å². The minimum absolute atomic E-state index is 1.03. The number of hydrogen-bond acceptors (Lipinski definition) is 2. The first kappa shape index (κ1) is 5.77. The van der Waals surface area contributed by atoms with E-state index in [0.29, 0.717) is 0 Å². The molecule has 2 rings (SSSR count). The molecule has 1 aromatic heterocycles. The fourth-order valence-corrected chi connectivity index (χ4v) is 1.26. The van der Waals surface area contributed by atoms with Crippen molar-refractivity contribution in [3.8, 4) is 0 Å². The summed E-state index contributed by atoms with van der Waals surface area (Å²) in [5.41, 5.74) is 0. The van der Waals surface area contributed by atoms with Crippen LogP contribution in [0.3, 0.4) is 0 Å².